The molecule has 0 aliphatic carbocycles. The Morgan fingerprint density at radius 3 is 2.59 bits per heavy atom. The van der Waals surface area contributed by atoms with E-state index < -0.39 is 0 Å². The molecule has 1 amide bonds. The number of hydrogen-bond acceptors (Lipinski definition) is 3. The number of likely N-dealkylation sites (tertiary alicyclic amines) is 1. The lowest BCUT2D eigenvalue weighted by atomic mass is 9.95. The third kappa shape index (κ3) is 3.76. The van der Waals surface area contributed by atoms with Crippen LogP contribution in [0.25, 0.3) is 5.65 Å². The Hall–Kier alpha value is -1.70. The Morgan fingerprint density at radius 1 is 1.03 bits per heavy atom. The van der Waals surface area contributed by atoms with E-state index in [1.807, 2.05) is 27.8 Å². The number of aromatic nitrogens is 2. The van der Waals surface area contributed by atoms with Crippen LogP contribution < -0.4 is 0 Å². The molecule has 1 fully saturated rings. The Bertz CT molecular complexity index is 1070. The highest BCUT2D eigenvalue weighted by molar-refractivity contribution is 9.11. The minimum Gasteiger partial charge on any atom is -0.337 e. The van der Waals surface area contributed by atoms with Crippen molar-refractivity contribution < 1.29 is 4.79 Å². The highest BCUT2D eigenvalue weighted by Gasteiger charge is 2.30. The third-order valence-electron chi connectivity index (χ3n) is 6.12. The molecular weight excluding hydrogens is 496 g/mol. The zero-order chi connectivity index (χ0) is 20.0. The fourth-order valence-corrected chi connectivity index (χ4v) is 5.85. The summed E-state index contributed by atoms with van der Waals surface area (Å²) in [7, 11) is 0. The van der Waals surface area contributed by atoms with Crippen molar-refractivity contribution in [1.29, 1.82) is 0 Å². The zero-order valence-electron chi connectivity index (χ0n) is 16.0. The largest absolute Gasteiger partial charge is 0.337 e. The van der Waals surface area contributed by atoms with Crippen molar-refractivity contribution in [3.05, 3.63) is 68.5 Å². The molecule has 0 radical (unpaired) electrons. The molecule has 0 unspecified atom stereocenters. The highest BCUT2D eigenvalue weighted by Crippen LogP contribution is 2.26. The van der Waals surface area contributed by atoms with E-state index in [-0.39, 0.29) is 5.91 Å². The molecule has 5 nitrogen and oxygen atoms in total. The minimum atomic E-state index is 0.0270. The van der Waals surface area contributed by atoms with Crippen LogP contribution >= 0.6 is 31.9 Å². The molecule has 7 heteroatoms. The fourth-order valence-electron chi connectivity index (χ4n) is 4.55. The average molecular weight is 518 g/mol. The Balaban J connectivity index is 1.25. The lowest BCUT2D eigenvalue weighted by Crippen LogP contribution is -2.48. The van der Waals surface area contributed by atoms with Crippen LogP contribution in [-0.2, 0) is 13.0 Å². The van der Waals surface area contributed by atoms with Gasteiger partial charge in [-0.25, -0.2) is 4.98 Å². The van der Waals surface area contributed by atoms with E-state index in [1.54, 1.807) is 0 Å². The summed E-state index contributed by atoms with van der Waals surface area (Å²) in [4.78, 5) is 22.1. The van der Waals surface area contributed by atoms with Crippen LogP contribution in [0.15, 0.2) is 51.7 Å². The highest BCUT2D eigenvalue weighted by atomic mass is 79.9. The van der Waals surface area contributed by atoms with Crippen LogP contribution in [0.2, 0.25) is 0 Å². The van der Waals surface area contributed by atoms with Gasteiger partial charge in [0.25, 0.3) is 5.91 Å². The Kier molecular flexibility index (Phi) is 5.22. The Labute approximate surface area is 187 Å². The fraction of sp³-hybridized carbons (Fsp3) is 0.364. The van der Waals surface area contributed by atoms with Crippen LogP contribution in [-0.4, -0.2) is 50.8 Å². The van der Waals surface area contributed by atoms with E-state index >= 15 is 0 Å². The quantitative estimate of drug-likeness (QED) is 0.501. The first-order valence-electron chi connectivity index (χ1n) is 10.0. The predicted octanol–water partition coefficient (Wildman–Crippen LogP) is 4.52. The molecule has 4 heterocycles. The number of rotatable bonds is 2. The van der Waals surface area contributed by atoms with Crippen LogP contribution in [0.5, 0.6) is 0 Å². The first kappa shape index (κ1) is 19.3. The van der Waals surface area contributed by atoms with Gasteiger partial charge in [0.2, 0.25) is 0 Å². The molecule has 0 spiro atoms. The number of imidazole rings is 1. The molecule has 29 heavy (non-hydrogen) atoms. The molecule has 5 rings (SSSR count). The molecule has 2 aromatic heterocycles. The molecule has 2 aliphatic rings. The second-order valence-electron chi connectivity index (χ2n) is 7.88. The number of carbonyl (C=O) groups excluding carboxylic acids is 1. The predicted molar refractivity (Wildman–Crippen MR) is 120 cm³/mol. The van der Waals surface area contributed by atoms with Crippen molar-refractivity contribution in [1.82, 2.24) is 19.2 Å². The molecule has 2 aliphatic heterocycles. The summed E-state index contributed by atoms with van der Waals surface area (Å²) in [6.07, 6.45) is 6.92. The number of piperidine rings is 1. The van der Waals surface area contributed by atoms with Gasteiger partial charge in [-0.05, 0) is 68.3 Å². The van der Waals surface area contributed by atoms with Crippen LogP contribution in [0.3, 0.4) is 0 Å². The summed E-state index contributed by atoms with van der Waals surface area (Å²) >= 11 is 7.01. The van der Waals surface area contributed by atoms with Gasteiger partial charge in [0.05, 0.1) is 4.47 Å². The summed E-state index contributed by atoms with van der Waals surface area (Å²) in [6.45, 7) is 3.73. The van der Waals surface area contributed by atoms with Crippen LogP contribution in [0, 0.1) is 0 Å². The average Bonchev–Trinajstić information content (AvgIpc) is 3.17. The van der Waals surface area contributed by atoms with Crippen molar-refractivity contribution in [2.75, 3.05) is 19.6 Å². The number of hydrogen-bond donors (Lipinski definition) is 0. The van der Waals surface area contributed by atoms with Gasteiger partial charge in [-0.3, -0.25) is 9.69 Å². The number of carbonyl (C=O) groups is 1. The van der Waals surface area contributed by atoms with E-state index in [0.717, 1.165) is 60.0 Å². The molecule has 1 saturated heterocycles. The maximum atomic E-state index is 13.0. The van der Waals surface area contributed by atoms with Crippen LogP contribution in [0.1, 0.15) is 34.5 Å². The van der Waals surface area contributed by atoms with Gasteiger partial charge < -0.3 is 9.30 Å². The number of benzene rings is 1. The molecule has 1 aromatic carbocycles. The van der Waals surface area contributed by atoms with Gasteiger partial charge in [-0.1, -0.05) is 24.3 Å². The Morgan fingerprint density at radius 2 is 1.79 bits per heavy atom. The third-order valence-corrected chi connectivity index (χ3v) is 7.14. The second-order valence-corrected chi connectivity index (χ2v) is 9.65. The lowest BCUT2D eigenvalue weighted by Gasteiger charge is -2.40. The summed E-state index contributed by atoms with van der Waals surface area (Å²) in [5.41, 5.74) is 4.22. The molecule has 0 saturated carbocycles. The molecule has 0 bridgehead atoms. The molecule has 150 valence electrons. The first-order valence-corrected chi connectivity index (χ1v) is 11.6. The number of fused-ring (bicyclic) bond motifs is 2. The standard InChI is InChI=1S/C22H22Br2N4O/c23-17-11-19(24)21-25-20(14-28(21)13-17)22(29)26-9-6-18(7-10-26)27-8-5-15-3-1-2-4-16(15)12-27/h1-4,11,13-14,18H,5-10,12H2. The summed E-state index contributed by atoms with van der Waals surface area (Å²) in [5.74, 6) is 0.0270. The van der Waals surface area contributed by atoms with E-state index in [2.05, 4.69) is 66.0 Å². The smallest absolute Gasteiger partial charge is 0.274 e. The van der Waals surface area contributed by atoms with E-state index in [4.69, 9.17) is 0 Å². The topological polar surface area (TPSA) is 40.9 Å². The molecule has 3 aromatic rings. The van der Waals surface area contributed by atoms with Crippen molar-refractivity contribution in [3.8, 4) is 0 Å². The number of halogens is 2. The maximum absolute atomic E-state index is 13.0. The SMILES string of the molecule is O=C(c1cn2cc(Br)cc(Br)c2n1)N1CCC(N2CCc3ccccc3C2)CC1. The van der Waals surface area contributed by atoms with Gasteiger partial charge >= 0.3 is 0 Å². The summed E-state index contributed by atoms with van der Waals surface area (Å²) in [6, 6.07) is 11.3. The van der Waals surface area contributed by atoms with Crippen molar-refractivity contribution >= 4 is 43.4 Å². The molecular formula is C22H22Br2N4O. The first-order chi connectivity index (χ1) is 14.1. The number of amides is 1. The van der Waals surface area contributed by atoms with Crippen molar-refractivity contribution in [2.24, 2.45) is 0 Å². The van der Waals surface area contributed by atoms with E-state index in [0.29, 0.717) is 11.7 Å². The van der Waals surface area contributed by atoms with E-state index in [9.17, 15) is 4.79 Å². The monoisotopic (exact) mass is 516 g/mol. The zero-order valence-corrected chi connectivity index (χ0v) is 19.2. The molecule has 0 atom stereocenters. The van der Waals surface area contributed by atoms with Gasteiger partial charge in [0, 0.05) is 49.1 Å². The van der Waals surface area contributed by atoms with Gasteiger partial charge in [0.1, 0.15) is 5.69 Å². The van der Waals surface area contributed by atoms with Gasteiger partial charge in [-0.2, -0.15) is 0 Å². The number of nitrogens with zero attached hydrogens (tertiary/aromatic N) is 4. The van der Waals surface area contributed by atoms with Gasteiger partial charge in [0.15, 0.2) is 5.65 Å². The molecule has 0 N–H and O–H groups in total. The van der Waals surface area contributed by atoms with Crippen molar-refractivity contribution in [2.45, 2.75) is 31.8 Å². The van der Waals surface area contributed by atoms with Crippen molar-refractivity contribution in [3.63, 3.8) is 0 Å². The number of pyridine rings is 1. The normalized spacial score (nSPS) is 18.2. The minimum absolute atomic E-state index is 0.0270. The summed E-state index contributed by atoms with van der Waals surface area (Å²) in [5, 5.41) is 0. The van der Waals surface area contributed by atoms with Crippen LogP contribution in [0.4, 0.5) is 0 Å². The lowest BCUT2D eigenvalue weighted by molar-refractivity contribution is 0.0595. The second kappa shape index (κ2) is 7.85. The summed E-state index contributed by atoms with van der Waals surface area (Å²) < 4.78 is 3.70. The van der Waals surface area contributed by atoms with Gasteiger partial charge in [-0.15, -0.1) is 0 Å². The van der Waals surface area contributed by atoms with E-state index in [1.165, 1.54) is 11.1 Å². The maximum Gasteiger partial charge on any atom is 0.274 e.